The van der Waals surface area contributed by atoms with Crippen LogP contribution in [0.4, 0.5) is 13.2 Å². The van der Waals surface area contributed by atoms with Crippen molar-refractivity contribution in [2.24, 2.45) is 0 Å². The van der Waals surface area contributed by atoms with E-state index in [1.165, 1.54) is 12.4 Å². The Hall–Kier alpha value is -4.09. The first-order valence-electron chi connectivity index (χ1n) is 14.0. The first-order valence-corrected chi connectivity index (χ1v) is 14.0. The molecular formula is C28H31F3N10O. The topological polar surface area (TPSA) is 133 Å². The molecule has 14 heteroatoms. The van der Waals surface area contributed by atoms with Gasteiger partial charge in [0.1, 0.15) is 23.6 Å². The summed E-state index contributed by atoms with van der Waals surface area (Å²) in [7, 11) is 0. The van der Waals surface area contributed by atoms with Crippen LogP contribution in [0.25, 0.3) is 22.3 Å². The molecule has 0 amide bonds. The van der Waals surface area contributed by atoms with Crippen LogP contribution in [0.15, 0.2) is 37.1 Å². The lowest BCUT2D eigenvalue weighted by Crippen LogP contribution is -2.65. The standard InChI is InChI=1S/C28H31F3N10O/c1-2-33-13-19-11-23(39-26(38-19)28(29,30)31)42-21-5-3-20(4-6-21)40-15-27(16-40,8-9-32)41-14-18(12-37-41)24-22-7-10-34-25(22)36-17-35-24/h7,10-12,14,17,20-21,33H,2-6,8,13,15-16H2,1H3,(H,34,35,36)/t20-,21+. The smallest absolute Gasteiger partial charge is 0.451 e. The van der Waals surface area contributed by atoms with Gasteiger partial charge in [-0.2, -0.15) is 28.5 Å². The van der Waals surface area contributed by atoms with Gasteiger partial charge in [0.2, 0.25) is 11.7 Å². The summed E-state index contributed by atoms with van der Waals surface area (Å²) < 4.78 is 48.0. The molecule has 0 bridgehead atoms. The quantitative estimate of drug-likeness (QED) is 0.301. The van der Waals surface area contributed by atoms with E-state index >= 15 is 0 Å². The maximum Gasteiger partial charge on any atom is 0.451 e. The minimum atomic E-state index is -4.65. The SMILES string of the molecule is CCNCc1cc(O[C@H]2CC[C@@H](N3CC(CC#N)(n4cc(-c5ncnc6[nH]ccc56)cn4)C3)CC2)nc(C(F)(F)F)n1. The number of aromatic amines is 1. The average Bonchev–Trinajstić information content (AvgIpc) is 3.64. The summed E-state index contributed by atoms with van der Waals surface area (Å²) in [6.45, 7) is 4.07. The second-order valence-corrected chi connectivity index (χ2v) is 10.9. The van der Waals surface area contributed by atoms with Gasteiger partial charge in [-0.05, 0) is 38.3 Å². The van der Waals surface area contributed by atoms with E-state index in [0.29, 0.717) is 44.9 Å². The number of halogens is 3. The Morgan fingerprint density at radius 1 is 1.19 bits per heavy atom. The Bertz CT molecular complexity index is 1580. The number of ether oxygens (including phenoxy) is 1. The highest BCUT2D eigenvalue weighted by Crippen LogP contribution is 2.39. The second kappa shape index (κ2) is 11.3. The number of nitrogens with zero attached hydrogens (tertiary/aromatic N) is 8. The van der Waals surface area contributed by atoms with Crippen LogP contribution in [-0.4, -0.2) is 71.4 Å². The van der Waals surface area contributed by atoms with Gasteiger partial charge in [0.25, 0.3) is 0 Å². The Labute approximate surface area is 240 Å². The molecule has 1 saturated heterocycles. The molecule has 5 heterocycles. The van der Waals surface area contributed by atoms with Crippen LogP contribution >= 0.6 is 0 Å². The minimum Gasteiger partial charge on any atom is -0.474 e. The molecule has 0 aromatic carbocycles. The molecular weight excluding hydrogens is 549 g/mol. The highest BCUT2D eigenvalue weighted by molar-refractivity contribution is 5.90. The first-order chi connectivity index (χ1) is 20.3. The number of likely N-dealkylation sites (tertiary alicyclic amines) is 1. The largest absolute Gasteiger partial charge is 0.474 e. The molecule has 4 aromatic rings. The van der Waals surface area contributed by atoms with Gasteiger partial charge in [0, 0.05) is 55.1 Å². The number of nitriles is 1. The van der Waals surface area contributed by atoms with E-state index in [0.717, 1.165) is 35.1 Å². The summed E-state index contributed by atoms with van der Waals surface area (Å²) in [5.74, 6) is -1.23. The fourth-order valence-electron chi connectivity index (χ4n) is 5.96. The molecule has 4 aromatic heterocycles. The predicted molar refractivity (Wildman–Crippen MR) is 146 cm³/mol. The van der Waals surface area contributed by atoms with Crippen LogP contribution in [0.3, 0.4) is 0 Å². The molecule has 2 fully saturated rings. The molecule has 0 radical (unpaired) electrons. The van der Waals surface area contributed by atoms with Crippen LogP contribution in [-0.2, 0) is 18.3 Å². The van der Waals surface area contributed by atoms with Gasteiger partial charge < -0.3 is 15.0 Å². The zero-order chi connectivity index (χ0) is 29.3. The molecule has 1 aliphatic carbocycles. The summed E-state index contributed by atoms with van der Waals surface area (Å²) in [4.78, 5) is 21.5. The zero-order valence-corrected chi connectivity index (χ0v) is 23.1. The summed E-state index contributed by atoms with van der Waals surface area (Å²) in [6.07, 6.45) is 5.61. The molecule has 0 atom stereocenters. The van der Waals surface area contributed by atoms with Crippen molar-refractivity contribution in [1.29, 1.82) is 5.26 Å². The van der Waals surface area contributed by atoms with Gasteiger partial charge in [0.05, 0.1) is 30.1 Å². The van der Waals surface area contributed by atoms with Crippen LogP contribution in [0.2, 0.25) is 0 Å². The van der Waals surface area contributed by atoms with Crippen LogP contribution in [0.5, 0.6) is 5.88 Å². The maximum absolute atomic E-state index is 13.4. The predicted octanol–water partition coefficient (Wildman–Crippen LogP) is 4.05. The molecule has 2 aliphatic rings. The Balaban J connectivity index is 1.09. The van der Waals surface area contributed by atoms with Gasteiger partial charge >= 0.3 is 6.18 Å². The van der Waals surface area contributed by atoms with E-state index in [1.54, 1.807) is 6.20 Å². The molecule has 11 nitrogen and oxygen atoms in total. The summed E-state index contributed by atoms with van der Waals surface area (Å²) in [5, 5.41) is 18.2. The lowest BCUT2D eigenvalue weighted by Gasteiger charge is -2.53. The molecule has 0 spiro atoms. The normalized spacial score (nSPS) is 20.7. The Morgan fingerprint density at radius 2 is 2.00 bits per heavy atom. The van der Waals surface area contributed by atoms with Crippen LogP contribution in [0, 0.1) is 11.3 Å². The van der Waals surface area contributed by atoms with Gasteiger partial charge in [0.15, 0.2) is 0 Å². The van der Waals surface area contributed by atoms with Crippen molar-refractivity contribution in [2.75, 3.05) is 19.6 Å². The van der Waals surface area contributed by atoms with Crippen molar-refractivity contribution in [1.82, 2.24) is 44.9 Å². The number of rotatable bonds is 9. The van der Waals surface area contributed by atoms with Crippen LogP contribution < -0.4 is 10.1 Å². The minimum absolute atomic E-state index is 0.0410. The van der Waals surface area contributed by atoms with Crippen molar-refractivity contribution in [3.63, 3.8) is 0 Å². The summed E-state index contributed by atoms with van der Waals surface area (Å²) in [5.41, 5.74) is 2.22. The molecule has 2 N–H and O–H groups in total. The second-order valence-electron chi connectivity index (χ2n) is 10.9. The molecule has 1 aliphatic heterocycles. The molecule has 6 rings (SSSR count). The monoisotopic (exact) mass is 580 g/mol. The zero-order valence-electron chi connectivity index (χ0n) is 23.1. The number of hydrogen-bond acceptors (Lipinski definition) is 9. The number of aromatic nitrogens is 7. The van der Waals surface area contributed by atoms with E-state index in [1.807, 2.05) is 30.1 Å². The van der Waals surface area contributed by atoms with Crippen molar-refractivity contribution in [2.45, 2.75) is 69.4 Å². The van der Waals surface area contributed by atoms with Crippen molar-refractivity contribution in [3.8, 4) is 23.2 Å². The lowest BCUT2D eigenvalue weighted by molar-refractivity contribution is -0.145. The van der Waals surface area contributed by atoms with E-state index in [2.05, 4.69) is 46.3 Å². The number of H-pyrrole nitrogens is 1. The molecule has 42 heavy (non-hydrogen) atoms. The summed E-state index contributed by atoms with van der Waals surface area (Å²) in [6, 6.07) is 6.05. The number of hydrogen-bond donors (Lipinski definition) is 2. The Kier molecular flexibility index (Phi) is 7.54. The molecule has 1 saturated carbocycles. The van der Waals surface area contributed by atoms with E-state index < -0.39 is 17.5 Å². The maximum atomic E-state index is 13.4. The number of fused-ring (bicyclic) bond motifs is 1. The van der Waals surface area contributed by atoms with Gasteiger partial charge in [-0.1, -0.05) is 6.92 Å². The average molecular weight is 581 g/mol. The van der Waals surface area contributed by atoms with Gasteiger partial charge in [-0.25, -0.2) is 15.0 Å². The van der Waals surface area contributed by atoms with Gasteiger partial charge in [-0.15, -0.1) is 0 Å². The van der Waals surface area contributed by atoms with Crippen LogP contribution in [0.1, 0.15) is 50.5 Å². The van der Waals surface area contributed by atoms with Crippen molar-refractivity contribution < 1.29 is 17.9 Å². The first kappa shape index (κ1) is 28.0. The fourth-order valence-corrected chi connectivity index (χ4v) is 5.96. The van der Waals surface area contributed by atoms with E-state index in [4.69, 9.17) is 4.74 Å². The van der Waals surface area contributed by atoms with Gasteiger partial charge in [-0.3, -0.25) is 9.58 Å². The molecule has 220 valence electrons. The number of alkyl halides is 3. The van der Waals surface area contributed by atoms with E-state index in [9.17, 15) is 18.4 Å². The lowest BCUT2D eigenvalue weighted by atomic mass is 9.82. The fraction of sp³-hybridized carbons (Fsp3) is 0.500. The third kappa shape index (κ3) is 5.54. The number of nitrogens with one attached hydrogen (secondary N) is 2. The molecule has 0 unspecified atom stereocenters. The van der Waals surface area contributed by atoms with Crippen molar-refractivity contribution in [3.05, 3.63) is 48.6 Å². The third-order valence-electron chi connectivity index (χ3n) is 8.11. The highest BCUT2D eigenvalue weighted by Gasteiger charge is 2.48. The summed E-state index contributed by atoms with van der Waals surface area (Å²) >= 11 is 0. The van der Waals surface area contributed by atoms with Crippen molar-refractivity contribution >= 4 is 11.0 Å². The highest BCUT2D eigenvalue weighted by atomic mass is 19.4. The Morgan fingerprint density at radius 3 is 2.74 bits per heavy atom. The van der Waals surface area contributed by atoms with E-state index in [-0.39, 0.29) is 24.2 Å². The third-order valence-corrected chi connectivity index (χ3v) is 8.11.